The molecular formula is C14H8ClF2NO3. The number of carbonyl (C=O) groups is 1. The molecule has 108 valence electrons. The molecule has 0 atom stereocenters. The van der Waals surface area contributed by atoms with E-state index in [2.05, 4.69) is 5.32 Å². The highest BCUT2D eigenvalue weighted by atomic mass is 35.5. The number of hydrogen-bond donors (Lipinski definition) is 1. The van der Waals surface area contributed by atoms with Crippen molar-refractivity contribution in [3.8, 4) is 11.5 Å². The third-order valence-electron chi connectivity index (χ3n) is 2.87. The van der Waals surface area contributed by atoms with Gasteiger partial charge < -0.3 is 14.8 Å². The number of anilines is 1. The van der Waals surface area contributed by atoms with Crippen molar-refractivity contribution in [2.24, 2.45) is 0 Å². The third kappa shape index (κ3) is 2.62. The topological polar surface area (TPSA) is 47.6 Å². The molecule has 0 unspecified atom stereocenters. The zero-order valence-corrected chi connectivity index (χ0v) is 11.2. The smallest absolute Gasteiger partial charge is 0.255 e. The highest BCUT2D eigenvalue weighted by Crippen LogP contribution is 2.39. The molecule has 21 heavy (non-hydrogen) atoms. The maximum Gasteiger partial charge on any atom is 0.255 e. The minimum atomic E-state index is -1.04. The van der Waals surface area contributed by atoms with Crippen LogP contribution in [-0.4, -0.2) is 12.7 Å². The van der Waals surface area contributed by atoms with Gasteiger partial charge in [0.15, 0.2) is 23.1 Å². The molecule has 0 spiro atoms. The van der Waals surface area contributed by atoms with E-state index in [1.165, 1.54) is 18.2 Å². The number of fused-ring (bicyclic) bond motifs is 1. The second-order valence-electron chi connectivity index (χ2n) is 4.27. The molecule has 1 N–H and O–H groups in total. The van der Waals surface area contributed by atoms with E-state index in [0.29, 0.717) is 11.5 Å². The summed E-state index contributed by atoms with van der Waals surface area (Å²) >= 11 is 5.97. The number of carbonyl (C=O) groups excluding carboxylic acids is 1. The predicted molar refractivity (Wildman–Crippen MR) is 71.9 cm³/mol. The average Bonchev–Trinajstić information content (AvgIpc) is 2.92. The average molecular weight is 312 g/mol. The van der Waals surface area contributed by atoms with Crippen molar-refractivity contribution >= 4 is 23.2 Å². The summed E-state index contributed by atoms with van der Waals surface area (Å²) in [6.07, 6.45) is 0. The molecule has 1 amide bonds. The highest BCUT2D eigenvalue weighted by Gasteiger charge is 2.20. The summed E-state index contributed by atoms with van der Waals surface area (Å²) < 4.78 is 36.2. The van der Waals surface area contributed by atoms with E-state index in [-0.39, 0.29) is 23.1 Å². The number of amides is 1. The first-order chi connectivity index (χ1) is 10.0. The summed E-state index contributed by atoms with van der Waals surface area (Å²) in [4.78, 5) is 12.1. The lowest BCUT2D eigenvalue weighted by atomic mass is 10.2. The molecular weight excluding hydrogens is 304 g/mol. The number of hydrogen-bond acceptors (Lipinski definition) is 3. The van der Waals surface area contributed by atoms with E-state index < -0.39 is 17.5 Å². The van der Waals surface area contributed by atoms with Crippen LogP contribution < -0.4 is 14.8 Å². The third-order valence-corrected chi connectivity index (χ3v) is 3.15. The number of ether oxygens (including phenoxy) is 2. The molecule has 2 aromatic carbocycles. The number of halogens is 3. The summed E-state index contributed by atoms with van der Waals surface area (Å²) in [5.41, 5.74) is 0.349. The molecule has 0 aromatic heterocycles. The fourth-order valence-corrected chi connectivity index (χ4v) is 2.14. The quantitative estimate of drug-likeness (QED) is 0.922. The molecule has 2 aromatic rings. The fraction of sp³-hybridized carbons (Fsp3) is 0.0714. The molecule has 4 nitrogen and oxygen atoms in total. The molecule has 0 radical (unpaired) electrons. The van der Waals surface area contributed by atoms with E-state index in [1.54, 1.807) is 0 Å². The maximum absolute atomic E-state index is 13.1. The predicted octanol–water partition coefficient (Wildman–Crippen LogP) is 3.60. The van der Waals surface area contributed by atoms with Gasteiger partial charge in [-0.05, 0) is 24.3 Å². The first-order valence-electron chi connectivity index (χ1n) is 5.90. The van der Waals surface area contributed by atoms with Gasteiger partial charge in [0.25, 0.3) is 5.91 Å². The standard InChI is InChI=1S/C14H8ClF2NO3/c15-9-3-7(4-12-13(9)21-6-20-12)14(19)18-8-1-2-10(16)11(17)5-8/h1-5H,6H2,(H,18,19). The van der Waals surface area contributed by atoms with Crippen LogP contribution in [0.25, 0.3) is 0 Å². The summed E-state index contributed by atoms with van der Waals surface area (Å²) in [6, 6.07) is 5.94. The zero-order valence-electron chi connectivity index (χ0n) is 10.5. The number of benzene rings is 2. The lowest BCUT2D eigenvalue weighted by Gasteiger charge is -2.07. The Hall–Kier alpha value is -2.34. The molecule has 0 aliphatic carbocycles. The van der Waals surface area contributed by atoms with Crippen molar-refractivity contribution in [2.75, 3.05) is 12.1 Å². The maximum atomic E-state index is 13.1. The van der Waals surface area contributed by atoms with Crippen LogP contribution in [0.2, 0.25) is 5.02 Å². The van der Waals surface area contributed by atoms with Crippen molar-refractivity contribution in [3.63, 3.8) is 0 Å². The monoisotopic (exact) mass is 311 g/mol. The van der Waals surface area contributed by atoms with Gasteiger partial charge in [-0.1, -0.05) is 11.6 Å². The summed E-state index contributed by atoms with van der Waals surface area (Å²) in [5, 5.41) is 2.68. The van der Waals surface area contributed by atoms with Gasteiger partial charge in [0.05, 0.1) is 5.02 Å². The second kappa shape index (κ2) is 5.21. The van der Waals surface area contributed by atoms with Gasteiger partial charge in [0, 0.05) is 17.3 Å². The van der Waals surface area contributed by atoms with Crippen LogP contribution >= 0.6 is 11.6 Å². The molecule has 0 saturated heterocycles. The van der Waals surface area contributed by atoms with Crippen LogP contribution in [0.4, 0.5) is 14.5 Å². The van der Waals surface area contributed by atoms with E-state index in [9.17, 15) is 13.6 Å². The van der Waals surface area contributed by atoms with Gasteiger partial charge in [-0.15, -0.1) is 0 Å². The summed E-state index contributed by atoms with van der Waals surface area (Å²) in [7, 11) is 0. The van der Waals surface area contributed by atoms with Crippen molar-refractivity contribution in [1.29, 1.82) is 0 Å². The normalized spacial score (nSPS) is 12.3. The van der Waals surface area contributed by atoms with Crippen LogP contribution in [0, 0.1) is 11.6 Å². The minimum absolute atomic E-state index is 0.0311. The lowest BCUT2D eigenvalue weighted by Crippen LogP contribution is -2.12. The molecule has 1 aliphatic heterocycles. The largest absolute Gasteiger partial charge is 0.454 e. The van der Waals surface area contributed by atoms with Gasteiger partial charge in [0.2, 0.25) is 6.79 Å². The molecule has 3 rings (SSSR count). The highest BCUT2D eigenvalue weighted by molar-refractivity contribution is 6.32. The van der Waals surface area contributed by atoms with E-state index >= 15 is 0 Å². The van der Waals surface area contributed by atoms with Gasteiger partial charge >= 0.3 is 0 Å². The van der Waals surface area contributed by atoms with E-state index in [0.717, 1.165) is 12.1 Å². The van der Waals surface area contributed by atoms with E-state index in [4.69, 9.17) is 21.1 Å². The van der Waals surface area contributed by atoms with Crippen LogP contribution in [0.15, 0.2) is 30.3 Å². The van der Waals surface area contributed by atoms with E-state index in [1.807, 2.05) is 0 Å². The van der Waals surface area contributed by atoms with Gasteiger partial charge in [-0.25, -0.2) is 8.78 Å². The van der Waals surface area contributed by atoms with Crippen LogP contribution in [0.1, 0.15) is 10.4 Å². The summed E-state index contributed by atoms with van der Waals surface area (Å²) in [5.74, 6) is -1.82. The Balaban J connectivity index is 1.85. The minimum Gasteiger partial charge on any atom is -0.454 e. The Morgan fingerprint density at radius 3 is 2.71 bits per heavy atom. The number of rotatable bonds is 2. The molecule has 0 bridgehead atoms. The van der Waals surface area contributed by atoms with Crippen molar-refractivity contribution in [3.05, 3.63) is 52.6 Å². The van der Waals surface area contributed by atoms with Gasteiger partial charge in [-0.3, -0.25) is 4.79 Å². The van der Waals surface area contributed by atoms with Gasteiger partial charge in [0.1, 0.15) is 0 Å². The molecule has 0 saturated carbocycles. The Bertz CT molecular complexity index is 736. The van der Waals surface area contributed by atoms with Crippen LogP contribution in [0.3, 0.4) is 0 Å². The van der Waals surface area contributed by atoms with Crippen molar-refractivity contribution < 1.29 is 23.0 Å². The van der Waals surface area contributed by atoms with Gasteiger partial charge in [-0.2, -0.15) is 0 Å². The number of nitrogens with one attached hydrogen (secondary N) is 1. The first-order valence-corrected chi connectivity index (χ1v) is 6.28. The Kier molecular flexibility index (Phi) is 3.39. The fourth-order valence-electron chi connectivity index (χ4n) is 1.88. The lowest BCUT2D eigenvalue weighted by molar-refractivity contribution is 0.102. The first kappa shape index (κ1) is 13.6. The second-order valence-corrected chi connectivity index (χ2v) is 4.68. The zero-order chi connectivity index (χ0) is 15.0. The molecule has 7 heteroatoms. The van der Waals surface area contributed by atoms with Crippen molar-refractivity contribution in [2.45, 2.75) is 0 Å². The van der Waals surface area contributed by atoms with Crippen molar-refractivity contribution in [1.82, 2.24) is 0 Å². The molecule has 0 fully saturated rings. The van der Waals surface area contributed by atoms with Crippen LogP contribution in [-0.2, 0) is 0 Å². The SMILES string of the molecule is O=C(Nc1ccc(F)c(F)c1)c1cc(Cl)c2c(c1)OCO2. The Morgan fingerprint density at radius 2 is 1.95 bits per heavy atom. The van der Waals surface area contributed by atoms with Crippen LogP contribution in [0.5, 0.6) is 11.5 Å². The Morgan fingerprint density at radius 1 is 1.14 bits per heavy atom. The molecule has 1 heterocycles. The summed E-state index contributed by atoms with van der Waals surface area (Å²) in [6.45, 7) is 0.0311. The molecule has 1 aliphatic rings. The Labute approximate surface area is 123 Å².